The molecular weight excluding hydrogens is 260 g/mol. The monoisotopic (exact) mass is 280 g/mol. The SMILES string of the molecule is CN(CC(=O)N(C)C)Cc1sccc1C#CCCO. The van der Waals surface area contributed by atoms with Gasteiger partial charge in [0.05, 0.1) is 13.2 Å². The van der Waals surface area contributed by atoms with E-state index in [0.29, 0.717) is 19.5 Å². The Morgan fingerprint density at radius 1 is 1.42 bits per heavy atom. The second-order valence-electron chi connectivity index (χ2n) is 4.49. The lowest BCUT2D eigenvalue weighted by atomic mass is 10.2. The first-order valence-corrected chi connectivity index (χ1v) is 6.97. The van der Waals surface area contributed by atoms with E-state index in [-0.39, 0.29) is 12.5 Å². The molecule has 1 amide bonds. The van der Waals surface area contributed by atoms with Crippen molar-refractivity contribution in [2.75, 3.05) is 34.3 Å². The number of aliphatic hydroxyl groups excluding tert-OH is 1. The number of likely N-dealkylation sites (N-methyl/N-ethyl adjacent to an activating group) is 2. The van der Waals surface area contributed by atoms with Crippen molar-refractivity contribution in [3.8, 4) is 11.8 Å². The minimum atomic E-state index is 0.0870. The summed E-state index contributed by atoms with van der Waals surface area (Å²) in [4.78, 5) is 16.3. The number of hydrogen-bond donors (Lipinski definition) is 1. The number of thiophene rings is 1. The van der Waals surface area contributed by atoms with Crippen molar-refractivity contribution in [2.45, 2.75) is 13.0 Å². The fourth-order valence-corrected chi connectivity index (χ4v) is 2.37. The number of carbonyl (C=O) groups excluding carboxylic acids is 1. The Bertz CT molecular complexity index is 471. The van der Waals surface area contributed by atoms with E-state index in [9.17, 15) is 4.79 Å². The molecule has 0 saturated carbocycles. The van der Waals surface area contributed by atoms with Crippen LogP contribution in [0.5, 0.6) is 0 Å². The lowest BCUT2D eigenvalue weighted by Crippen LogP contribution is -2.33. The average Bonchev–Trinajstić information content (AvgIpc) is 2.76. The van der Waals surface area contributed by atoms with Crippen LogP contribution < -0.4 is 0 Å². The van der Waals surface area contributed by atoms with Gasteiger partial charge in [-0.25, -0.2) is 0 Å². The molecule has 0 unspecified atom stereocenters. The van der Waals surface area contributed by atoms with Crippen molar-refractivity contribution in [3.05, 3.63) is 21.9 Å². The molecule has 19 heavy (non-hydrogen) atoms. The zero-order valence-corrected chi connectivity index (χ0v) is 12.5. The first-order valence-electron chi connectivity index (χ1n) is 6.09. The van der Waals surface area contributed by atoms with Gasteiger partial charge in [-0.1, -0.05) is 11.8 Å². The van der Waals surface area contributed by atoms with Crippen LogP contribution in [0.3, 0.4) is 0 Å². The summed E-state index contributed by atoms with van der Waals surface area (Å²) in [5, 5.41) is 10.7. The van der Waals surface area contributed by atoms with Crippen molar-refractivity contribution >= 4 is 17.2 Å². The molecule has 0 aliphatic carbocycles. The van der Waals surface area contributed by atoms with Crippen LogP contribution in [0.15, 0.2) is 11.4 Å². The highest BCUT2D eigenvalue weighted by molar-refractivity contribution is 7.10. The Morgan fingerprint density at radius 2 is 2.16 bits per heavy atom. The first-order chi connectivity index (χ1) is 9.04. The van der Waals surface area contributed by atoms with Gasteiger partial charge in [0.2, 0.25) is 5.91 Å². The third kappa shape index (κ3) is 5.43. The van der Waals surface area contributed by atoms with Crippen molar-refractivity contribution in [2.24, 2.45) is 0 Å². The largest absolute Gasteiger partial charge is 0.395 e. The molecule has 1 heterocycles. The number of aliphatic hydroxyl groups is 1. The fourth-order valence-electron chi connectivity index (χ4n) is 1.46. The average molecular weight is 280 g/mol. The molecule has 0 radical (unpaired) electrons. The Hall–Kier alpha value is -1.35. The maximum absolute atomic E-state index is 11.6. The van der Waals surface area contributed by atoms with Crippen LogP contribution in [0.4, 0.5) is 0 Å². The quantitative estimate of drug-likeness (QED) is 0.819. The van der Waals surface area contributed by atoms with E-state index in [1.54, 1.807) is 30.3 Å². The summed E-state index contributed by atoms with van der Waals surface area (Å²) in [5.74, 6) is 6.07. The van der Waals surface area contributed by atoms with Gasteiger partial charge >= 0.3 is 0 Å². The summed E-state index contributed by atoms with van der Waals surface area (Å²) in [6, 6.07) is 1.98. The van der Waals surface area contributed by atoms with Gasteiger partial charge in [-0.3, -0.25) is 9.69 Å². The second-order valence-corrected chi connectivity index (χ2v) is 5.49. The third-order valence-corrected chi connectivity index (χ3v) is 3.43. The van der Waals surface area contributed by atoms with E-state index in [1.165, 1.54) is 0 Å². The zero-order chi connectivity index (χ0) is 14.3. The normalized spacial score (nSPS) is 10.2. The Balaban J connectivity index is 2.60. The fraction of sp³-hybridized carbons (Fsp3) is 0.500. The van der Waals surface area contributed by atoms with Crippen LogP contribution in [-0.2, 0) is 11.3 Å². The van der Waals surface area contributed by atoms with Crippen molar-refractivity contribution in [1.29, 1.82) is 0 Å². The summed E-state index contributed by atoms with van der Waals surface area (Å²) < 4.78 is 0. The minimum absolute atomic E-state index is 0.0870. The van der Waals surface area contributed by atoms with Crippen LogP contribution in [0.1, 0.15) is 16.9 Å². The molecule has 0 aliphatic heterocycles. The minimum Gasteiger partial charge on any atom is -0.395 e. The molecule has 0 aromatic carbocycles. The molecule has 0 saturated heterocycles. The smallest absolute Gasteiger partial charge is 0.236 e. The molecular formula is C14H20N2O2S. The van der Waals surface area contributed by atoms with Crippen LogP contribution in [0, 0.1) is 11.8 Å². The van der Waals surface area contributed by atoms with Crippen molar-refractivity contribution < 1.29 is 9.90 Å². The predicted molar refractivity (Wildman–Crippen MR) is 77.9 cm³/mol. The third-order valence-electron chi connectivity index (χ3n) is 2.52. The number of amides is 1. The van der Waals surface area contributed by atoms with Gasteiger partial charge < -0.3 is 10.0 Å². The molecule has 1 aromatic heterocycles. The molecule has 1 N–H and O–H groups in total. The van der Waals surface area contributed by atoms with Crippen LogP contribution >= 0.6 is 11.3 Å². The highest BCUT2D eigenvalue weighted by atomic mass is 32.1. The Labute approximate surface area is 118 Å². The molecule has 0 atom stereocenters. The molecule has 0 bridgehead atoms. The van der Waals surface area contributed by atoms with Gasteiger partial charge in [0, 0.05) is 37.5 Å². The Morgan fingerprint density at radius 3 is 2.79 bits per heavy atom. The standard InChI is InChI=1S/C14H20N2O2S/c1-15(2)14(18)11-16(3)10-13-12(7-9-19-13)6-4-5-8-17/h7,9,17H,5,8,10-11H2,1-3H3. The van der Waals surface area contributed by atoms with Crippen LogP contribution in [0.25, 0.3) is 0 Å². The topological polar surface area (TPSA) is 43.8 Å². The Kier molecular flexibility index (Phi) is 6.57. The maximum Gasteiger partial charge on any atom is 0.236 e. The van der Waals surface area contributed by atoms with Gasteiger partial charge in [-0.15, -0.1) is 11.3 Å². The van der Waals surface area contributed by atoms with E-state index >= 15 is 0 Å². The lowest BCUT2D eigenvalue weighted by molar-refractivity contribution is -0.129. The molecule has 1 aromatic rings. The van der Waals surface area contributed by atoms with E-state index < -0.39 is 0 Å². The summed E-state index contributed by atoms with van der Waals surface area (Å²) in [6.07, 6.45) is 0.490. The van der Waals surface area contributed by atoms with E-state index in [2.05, 4.69) is 11.8 Å². The molecule has 4 nitrogen and oxygen atoms in total. The summed E-state index contributed by atoms with van der Waals surface area (Å²) in [7, 11) is 5.44. The van der Waals surface area contributed by atoms with Crippen LogP contribution in [0.2, 0.25) is 0 Å². The number of rotatable bonds is 5. The van der Waals surface area contributed by atoms with Gasteiger partial charge in [0.15, 0.2) is 0 Å². The maximum atomic E-state index is 11.6. The number of carbonyl (C=O) groups is 1. The van der Waals surface area contributed by atoms with Crippen molar-refractivity contribution in [3.63, 3.8) is 0 Å². The molecule has 104 valence electrons. The molecule has 5 heteroatoms. The summed E-state index contributed by atoms with van der Waals surface area (Å²) >= 11 is 1.64. The van der Waals surface area contributed by atoms with Gasteiger partial charge in [-0.2, -0.15) is 0 Å². The van der Waals surface area contributed by atoms with Gasteiger partial charge in [0.1, 0.15) is 0 Å². The molecule has 0 spiro atoms. The summed E-state index contributed by atoms with van der Waals surface area (Å²) in [6.45, 7) is 1.19. The van der Waals surface area contributed by atoms with E-state index in [4.69, 9.17) is 5.11 Å². The first kappa shape index (κ1) is 15.7. The molecule has 1 rings (SSSR count). The highest BCUT2D eigenvalue weighted by Crippen LogP contribution is 2.17. The summed E-state index contributed by atoms with van der Waals surface area (Å²) in [5.41, 5.74) is 0.989. The van der Waals surface area contributed by atoms with Crippen LogP contribution in [-0.4, -0.2) is 55.1 Å². The lowest BCUT2D eigenvalue weighted by Gasteiger charge is -2.18. The molecule has 0 aliphatic rings. The number of nitrogens with zero attached hydrogens (tertiary/aromatic N) is 2. The number of hydrogen-bond acceptors (Lipinski definition) is 4. The van der Waals surface area contributed by atoms with E-state index in [1.807, 2.05) is 23.4 Å². The van der Waals surface area contributed by atoms with Gasteiger partial charge in [-0.05, 0) is 18.5 Å². The van der Waals surface area contributed by atoms with E-state index in [0.717, 1.165) is 10.4 Å². The van der Waals surface area contributed by atoms with Crippen molar-refractivity contribution in [1.82, 2.24) is 9.80 Å². The predicted octanol–water partition coefficient (Wildman–Crippen LogP) is 1.00. The second kappa shape index (κ2) is 7.95. The highest BCUT2D eigenvalue weighted by Gasteiger charge is 2.11. The van der Waals surface area contributed by atoms with Gasteiger partial charge in [0.25, 0.3) is 0 Å². The molecule has 0 fully saturated rings. The zero-order valence-electron chi connectivity index (χ0n) is 11.6.